The third-order valence-electron chi connectivity index (χ3n) is 4.17. The van der Waals surface area contributed by atoms with Gasteiger partial charge in [0.15, 0.2) is 11.3 Å². The number of nitrogens with zero attached hydrogens (tertiary/aromatic N) is 1. The Labute approximate surface area is 141 Å². The molecule has 0 unspecified atom stereocenters. The minimum atomic E-state index is -1.29. The number of carbonyl (C=O) groups is 2. The Balaban J connectivity index is 2.33. The van der Waals surface area contributed by atoms with Crippen molar-refractivity contribution in [2.24, 2.45) is 0 Å². The Morgan fingerprint density at radius 1 is 1.22 bits per heavy atom. The van der Waals surface area contributed by atoms with Gasteiger partial charge in [0, 0.05) is 11.4 Å². The summed E-state index contributed by atoms with van der Waals surface area (Å²) in [5.74, 6) is -0.896. The summed E-state index contributed by atoms with van der Waals surface area (Å²) in [6.07, 6.45) is 4.22. The van der Waals surface area contributed by atoms with Crippen molar-refractivity contribution >= 4 is 23.5 Å². The highest BCUT2D eigenvalue weighted by Crippen LogP contribution is 2.35. The van der Waals surface area contributed by atoms with Gasteiger partial charge in [0.25, 0.3) is 5.91 Å². The molecule has 2 rings (SSSR count). The van der Waals surface area contributed by atoms with E-state index in [4.69, 9.17) is 16.4 Å². The van der Waals surface area contributed by atoms with E-state index < -0.39 is 11.5 Å². The van der Waals surface area contributed by atoms with Crippen LogP contribution in [0.3, 0.4) is 0 Å². The lowest BCUT2D eigenvalue weighted by molar-refractivity contribution is -0.200. The van der Waals surface area contributed by atoms with Crippen LogP contribution in [0.25, 0.3) is 0 Å². The van der Waals surface area contributed by atoms with Crippen molar-refractivity contribution in [3.8, 4) is 5.75 Å². The SMILES string of the molecule is CCCC(=O)N(Oc1ccc(Cl)cc1)C1(C(=O)O)CCCCC1. The predicted molar refractivity (Wildman–Crippen MR) is 87.3 cm³/mol. The molecule has 0 heterocycles. The number of amides is 1. The van der Waals surface area contributed by atoms with Gasteiger partial charge in [-0.1, -0.05) is 37.8 Å². The van der Waals surface area contributed by atoms with Crippen molar-refractivity contribution in [2.75, 3.05) is 0 Å². The smallest absolute Gasteiger partial charge is 0.333 e. The van der Waals surface area contributed by atoms with Crippen molar-refractivity contribution in [3.63, 3.8) is 0 Å². The summed E-state index contributed by atoms with van der Waals surface area (Å²) in [7, 11) is 0. The molecule has 0 atom stereocenters. The van der Waals surface area contributed by atoms with Gasteiger partial charge in [-0.3, -0.25) is 4.79 Å². The van der Waals surface area contributed by atoms with Gasteiger partial charge < -0.3 is 9.94 Å². The van der Waals surface area contributed by atoms with Crippen LogP contribution in [-0.2, 0) is 9.59 Å². The molecule has 1 aromatic carbocycles. The summed E-state index contributed by atoms with van der Waals surface area (Å²) in [5.41, 5.74) is -1.29. The molecule has 1 N–H and O–H groups in total. The molecule has 0 radical (unpaired) electrons. The van der Waals surface area contributed by atoms with Crippen LogP contribution in [0.1, 0.15) is 51.9 Å². The molecule has 1 aliphatic carbocycles. The van der Waals surface area contributed by atoms with Crippen LogP contribution >= 0.6 is 11.6 Å². The molecule has 0 aromatic heterocycles. The first kappa shape index (κ1) is 17.6. The maximum Gasteiger partial charge on any atom is 0.333 e. The summed E-state index contributed by atoms with van der Waals surface area (Å²) in [6, 6.07) is 6.56. The van der Waals surface area contributed by atoms with Crippen molar-refractivity contribution in [3.05, 3.63) is 29.3 Å². The topological polar surface area (TPSA) is 66.8 Å². The van der Waals surface area contributed by atoms with Gasteiger partial charge in [-0.2, -0.15) is 5.06 Å². The molecule has 0 aliphatic heterocycles. The maximum atomic E-state index is 12.5. The van der Waals surface area contributed by atoms with E-state index in [-0.39, 0.29) is 12.3 Å². The van der Waals surface area contributed by atoms with E-state index in [0.29, 0.717) is 30.0 Å². The summed E-state index contributed by atoms with van der Waals surface area (Å²) >= 11 is 5.86. The maximum absolute atomic E-state index is 12.5. The van der Waals surface area contributed by atoms with Crippen LogP contribution in [0.4, 0.5) is 0 Å². The van der Waals surface area contributed by atoms with E-state index in [1.165, 1.54) is 0 Å². The molecule has 126 valence electrons. The number of rotatable bonds is 6. The van der Waals surface area contributed by atoms with Crippen molar-refractivity contribution < 1.29 is 19.5 Å². The number of hydroxylamine groups is 2. The number of hydrogen-bond donors (Lipinski definition) is 1. The minimum absolute atomic E-state index is 0.253. The fourth-order valence-electron chi connectivity index (χ4n) is 2.93. The van der Waals surface area contributed by atoms with Crippen LogP contribution in [-0.4, -0.2) is 27.6 Å². The van der Waals surface area contributed by atoms with Crippen LogP contribution in [0, 0.1) is 0 Å². The zero-order valence-corrected chi connectivity index (χ0v) is 14.0. The average Bonchev–Trinajstić information content (AvgIpc) is 2.55. The molecule has 6 heteroatoms. The van der Waals surface area contributed by atoms with Crippen LogP contribution in [0.15, 0.2) is 24.3 Å². The largest absolute Gasteiger partial charge is 0.479 e. The van der Waals surface area contributed by atoms with Gasteiger partial charge in [0.2, 0.25) is 0 Å². The third-order valence-corrected chi connectivity index (χ3v) is 4.42. The Bertz CT molecular complexity index is 552. The van der Waals surface area contributed by atoms with E-state index in [0.717, 1.165) is 24.3 Å². The minimum Gasteiger partial charge on any atom is -0.479 e. The summed E-state index contributed by atoms with van der Waals surface area (Å²) < 4.78 is 0. The molecule has 23 heavy (non-hydrogen) atoms. The lowest BCUT2D eigenvalue weighted by Crippen LogP contribution is -2.59. The number of carboxylic acid groups (broad SMARTS) is 1. The Kier molecular flexibility index (Phi) is 5.88. The van der Waals surface area contributed by atoms with E-state index in [2.05, 4.69) is 0 Å². The highest BCUT2D eigenvalue weighted by molar-refractivity contribution is 6.30. The molecule has 1 saturated carbocycles. The van der Waals surface area contributed by atoms with Crippen molar-refractivity contribution in [2.45, 2.75) is 57.4 Å². The van der Waals surface area contributed by atoms with Gasteiger partial charge in [-0.15, -0.1) is 0 Å². The summed E-state index contributed by atoms with van der Waals surface area (Å²) in [4.78, 5) is 30.2. The molecular formula is C17H22ClNO4. The number of hydrogen-bond acceptors (Lipinski definition) is 3. The highest BCUT2D eigenvalue weighted by Gasteiger charge is 2.49. The van der Waals surface area contributed by atoms with Gasteiger partial charge in [0.05, 0.1) is 0 Å². The standard InChI is InChI=1S/C17H22ClNO4/c1-2-6-15(20)19(23-14-9-7-13(18)8-10-14)17(16(21)22)11-4-3-5-12-17/h7-10H,2-6,11-12H2,1H3,(H,21,22). The van der Waals surface area contributed by atoms with Gasteiger partial charge >= 0.3 is 5.97 Å². The van der Waals surface area contributed by atoms with Crippen molar-refractivity contribution in [1.29, 1.82) is 0 Å². The molecule has 0 spiro atoms. The molecule has 5 nitrogen and oxygen atoms in total. The highest BCUT2D eigenvalue weighted by atomic mass is 35.5. The lowest BCUT2D eigenvalue weighted by atomic mass is 9.81. The number of benzene rings is 1. The van der Waals surface area contributed by atoms with Crippen molar-refractivity contribution in [1.82, 2.24) is 5.06 Å². The van der Waals surface area contributed by atoms with E-state index >= 15 is 0 Å². The second-order valence-electron chi connectivity index (χ2n) is 5.88. The fraction of sp³-hybridized carbons (Fsp3) is 0.529. The zero-order chi connectivity index (χ0) is 16.9. The first-order chi connectivity index (χ1) is 11.0. The van der Waals surface area contributed by atoms with E-state index in [1.807, 2.05) is 6.92 Å². The molecule has 0 saturated heterocycles. The Morgan fingerprint density at radius 3 is 2.35 bits per heavy atom. The molecule has 0 bridgehead atoms. The molecule has 1 aromatic rings. The van der Waals surface area contributed by atoms with E-state index in [1.54, 1.807) is 24.3 Å². The number of carboxylic acids is 1. The molecule has 1 amide bonds. The Morgan fingerprint density at radius 2 is 1.83 bits per heavy atom. The quantitative estimate of drug-likeness (QED) is 0.794. The molecule has 1 fully saturated rings. The second kappa shape index (κ2) is 7.68. The Hall–Kier alpha value is -1.75. The first-order valence-corrected chi connectivity index (χ1v) is 8.37. The van der Waals surface area contributed by atoms with Crippen LogP contribution < -0.4 is 4.84 Å². The van der Waals surface area contributed by atoms with Gasteiger partial charge in [-0.05, 0) is 43.5 Å². The first-order valence-electron chi connectivity index (χ1n) is 7.99. The summed E-state index contributed by atoms with van der Waals surface area (Å²) in [6.45, 7) is 1.88. The molecular weight excluding hydrogens is 318 g/mol. The number of halogens is 1. The van der Waals surface area contributed by atoms with Gasteiger partial charge in [-0.25, -0.2) is 4.79 Å². The normalized spacial score (nSPS) is 16.6. The zero-order valence-electron chi connectivity index (χ0n) is 13.3. The summed E-state index contributed by atoms with van der Waals surface area (Å²) in [5, 5.41) is 11.5. The monoisotopic (exact) mass is 339 g/mol. The fourth-order valence-corrected chi connectivity index (χ4v) is 3.06. The van der Waals surface area contributed by atoms with Gasteiger partial charge in [0.1, 0.15) is 0 Å². The number of carbonyl (C=O) groups excluding carboxylic acids is 1. The lowest BCUT2D eigenvalue weighted by Gasteiger charge is -2.41. The third kappa shape index (κ3) is 3.96. The average molecular weight is 340 g/mol. The van der Waals surface area contributed by atoms with Crippen LogP contribution in [0.5, 0.6) is 5.75 Å². The second-order valence-corrected chi connectivity index (χ2v) is 6.32. The van der Waals surface area contributed by atoms with Crippen LogP contribution in [0.2, 0.25) is 5.02 Å². The predicted octanol–water partition coefficient (Wildman–Crippen LogP) is 4.05. The number of aliphatic carboxylic acids is 1. The van der Waals surface area contributed by atoms with E-state index in [9.17, 15) is 14.7 Å². The molecule has 1 aliphatic rings.